The summed E-state index contributed by atoms with van der Waals surface area (Å²) in [5.74, 6) is -0.303. The predicted molar refractivity (Wildman–Crippen MR) is 67.0 cm³/mol. The van der Waals surface area contributed by atoms with Crippen LogP contribution in [0.15, 0.2) is 30.6 Å². The van der Waals surface area contributed by atoms with Crippen molar-refractivity contribution in [3.63, 3.8) is 0 Å². The van der Waals surface area contributed by atoms with Gasteiger partial charge < -0.3 is 0 Å². The van der Waals surface area contributed by atoms with E-state index in [9.17, 15) is 4.39 Å². The van der Waals surface area contributed by atoms with Crippen LogP contribution in [-0.2, 0) is 6.54 Å². The lowest BCUT2D eigenvalue weighted by Gasteiger charge is -2.04. The summed E-state index contributed by atoms with van der Waals surface area (Å²) < 4.78 is 14.8. The molecule has 1 atom stereocenters. The molecule has 2 nitrogen and oxygen atoms in total. The van der Waals surface area contributed by atoms with Gasteiger partial charge in [-0.1, -0.05) is 11.6 Å². The molecule has 0 saturated carbocycles. The van der Waals surface area contributed by atoms with Crippen molar-refractivity contribution < 1.29 is 4.39 Å². The fourth-order valence-electron chi connectivity index (χ4n) is 1.51. The predicted octanol–water partition coefficient (Wildman–Crippen LogP) is 4.02. The first-order valence-corrected chi connectivity index (χ1v) is 5.98. The summed E-state index contributed by atoms with van der Waals surface area (Å²) in [7, 11) is 0. The molecule has 2 aromatic rings. The Morgan fingerprint density at radius 3 is 2.88 bits per heavy atom. The van der Waals surface area contributed by atoms with E-state index in [-0.39, 0.29) is 11.2 Å². The molecule has 17 heavy (non-hydrogen) atoms. The van der Waals surface area contributed by atoms with E-state index in [4.69, 9.17) is 23.2 Å². The Kier molecular flexibility index (Phi) is 3.69. The Hall–Kier alpha value is -1.06. The van der Waals surface area contributed by atoms with Crippen LogP contribution in [0, 0.1) is 5.82 Å². The van der Waals surface area contributed by atoms with Crippen LogP contribution in [0.3, 0.4) is 0 Å². The third-order valence-electron chi connectivity index (χ3n) is 2.45. The summed E-state index contributed by atoms with van der Waals surface area (Å²) in [5.41, 5.74) is 1.63. The summed E-state index contributed by atoms with van der Waals surface area (Å²) in [4.78, 5) is 0. The van der Waals surface area contributed by atoms with Gasteiger partial charge in [0.05, 0.1) is 18.1 Å². The zero-order valence-electron chi connectivity index (χ0n) is 9.20. The molecule has 0 bridgehead atoms. The van der Waals surface area contributed by atoms with E-state index in [0.29, 0.717) is 17.1 Å². The van der Waals surface area contributed by atoms with Gasteiger partial charge in [0.25, 0.3) is 0 Å². The maximum Gasteiger partial charge on any atom is 0.123 e. The summed E-state index contributed by atoms with van der Waals surface area (Å²) >= 11 is 11.9. The number of alkyl halides is 1. The average molecular weight is 273 g/mol. The normalized spacial score (nSPS) is 12.7. The molecule has 0 aliphatic carbocycles. The molecule has 5 heteroatoms. The maximum absolute atomic E-state index is 13.1. The second kappa shape index (κ2) is 5.07. The van der Waals surface area contributed by atoms with Gasteiger partial charge in [-0.2, -0.15) is 5.10 Å². The summed E-state index contributed by atoms with van der Waals surface area (Å²) in [6.07, 6.45) is 3.53. The molecule has 2 rings (SSSR count). The van der Waals surface area contributed by atoms with Crippen LogP contribution in [0.2, 0.25) is 5.02 Å². The van der Waals surface area contributed by atoms with Crippen molar-refractivity contribution in [1.29, 1.82) is 0 Å². The number of halogens is 3. The molecule has 1 aromatic heterocycles. The van der Waals surface area contributed by atoms with E-state index in [1.165, 1.54) is 12.1 Å². The van der Waals surface area contributed by atoms with Crippen molar-refractivity contribution in [2.75, 3.05) is 0 Å². The van der Waals surface area contributed by atoms with Crippen molar-refractivity contribution >= 4 is 23.2 Å². The van der Waals surface area contributed by atoms with Crippen molar-refractivity contribution in [1.82, 2.24) is 9.78 Å². The van der Waals surface area contributed by atoms with Crippen LogP contribution in [0.5, 0.6) is 0 Å². The molecule has 1 heterocycles. The molecule has 0 N–H and O–H groups in total. The highest BCUT2D eigenvalue weighted by molar-refractivity contribution is 6.31. The number of benzene rings is 1. The quantitative estimate of drug-likeness (QED) is 0.772. The Bertz CT molecular complexity index is 523. The minimum atomic E-state index is -0.303. The maximum atomic E-state index is 13.1. The highest BCUT2D eigenvalue weighted by atomic mass is 35.5. The van der Waals surface area contributed by atoms with Crippen molar-refractivity contribution in [3.8, 4) is 0 Å². The van der Waals surface area contributed by atoms with E-state index in [1.54, 1.807) is 16.9 Å². The molecule has 0 spiro atoms. The highest BCUT2D eigenvalue weighted by Gasteiger charge is 2.07. The second-order valence-electron chi connectivity index (χ2n) is 3.82. The number of hydrogen-bond acceptors (Lipinski definition) is 1. The first-order chi connectivity index (χ1) is 8.06. The number of aromatic nitrogens is 2. The number of hydrogen-bond donors (Lipinski definition) is 0. The van der Waals surface area contributed by atoms with E-state index in [0.717, 1.165) is 5.56 Å². The van der Waals surface area contributed by atoms with Gasteiger partial charge in [-0.05, 0) is 30.7 Å². The summed E-state index contributed by atoms with van der Waals surface area (Å²) in [6, 6.07) is 4.29. The Labute approximate surface area is 109 Å². The molecule has 0 aliphatic heterocycles. The van der Waals surface area contributed by atoms with Crippen LogP contribution < -0.4 is 0 Å². The van der Waals surface area contributed by atoms with Crippen molar-refractivity contribution in [2.24, 2.45) is 0 Å². The average Bonchev–Trinajstić information content (AvgIpc) is 2.72. The monoisotopic (exact) mass is 272 g/mol. The van der Waals surface area contributed by atoms with E-state index >= 15 is 0 Å². The Morgan fingerprint density at radius 2 is 2.24 bits per heavy atom. The molecule has 0 fully saturated rings. The molecule has 1 unspecified atom stereocenters. The largest absolute Gasteiger partial charge is 0.268 e. The second-order valence-corrected chi connectivity index (χ2v) is 4.88. The minimum absolute atomic E-state index is 0.0910. The Balaban J connectivity index is 2.22. The first-order valence-electron chi connectivity index (χ1n) is 5.16. The molecule has 0 saturated heterocycles. The van der Waals surface area contributed by atoms with Gasteiger partial charge in [-0.3, -0.25) is 4.68 Å². The zero-order chi connectivity index (χ0) is 12.4. The van der Waals surface area contributed by atoms with E-state index in [1.807, 2.05) is 13.1 Å². The smallest absolute Gasteiger partial charge is 0.123 e. The number of nitrogens with zero attached hydrogens (tertiary/aromatic N) is 2. The van der Waals surface area contributed by atoms with Crippen molar-refractivity contribution in [2.45, 2.75) is 18.8 Å². The standard InChI is InChI=1S/C12H11Cl2FN2/c1-8(13)10-5-16-17(7-10)6-9-4-11(15)2-3-12(9)14/h2-5,7-8H,6H2,1H3. The molecule has 0 amide bonds. The zero-order valence-corrected chi connectivity index (χ0v) is 10.7. The summed E-state index contributed by atoms with van der Waals surface area (Å²) in [5, 5.41) is 4.59. The Morgan fingerprint density at radius 1 is 1.47 bits per heavy atom. The minimum Gasteiger partial charge on any atom is -0.268 e. The first kappa shape index (κ1) is 12.4. The molecule has 1 aromatic carbocycles. The van der Waals surface area contributed by atoms with Gasteiger partial charge in [-0.25, -0.2) is 4.39 Å². The van der Waals surface area contributed by atoms with Crippen LogP contribution in [0.1, 0.15) is 23.4 Å². The SMILES string of the molecule is CC(Cl)c1cnn(Cc2cc(F)ccc2Cl)c1. The molecule has 0 aliphatic rings. The van der Waals surface area contributed by atoms with Crippen LogP contribution in [0.4, 0.5) is 4.39 Å². The third kappa shape index (κ3) is 2.99. The van der Waals surface area contributed by atoms with E-state index < -0.39 is 0 Å². The number of rotatable bonds is 3. The molecular formula is C12H11Cl2FN2. The topological polar surface area (TPSA) is 17.8 Å². The van der Waals surface area contributed by atoms with Crippen LogP contribution >= 0.6 is 23.2 Å². The van der Waals surface area contributed by atoms with Gasteiger partial charge in [0.15, 0.2) is 0 Å². The molecular weight excluding hydrogens is 262 g/mol. The third-order valence-corrected chi connectivity index (χ3v) is 3.07. The van der Waals surface area contributed by atoms with Crippen molar-refractivity contribution in [3.05, 3.63) is 52.6 Å². The van der Waals surface area contributed by atoms with E-state index in [2.05, 4.69) is 5.10 Å². The van der Waals surface area contributed by atoms with Gasteiger partial charge in [0.1, 0.15) is 5.82 Å². The highest BCUT2D eigenvalue weighted by Crippen LogP contribution is 2.21. The van der Waals surface area contributed by atoms with Crippen LogP contribution in [-0.4, -0.2) is 9.78 Å². The van der Waals surface area contributed by atoms with Gasteiger partial charge in [0, 0.05) is 16.8 Å². The molecule has 0 radical (unpaired) electrons. The fourth-order valence-corrected chi connectivity index (χ4v) is 1.80. The van der Waals surface area contributed by atoms with Gasteiger partial charge in [0.2, 0.25) is 0 Å². The lowest BCUT2D eigenvalue weighted by molar-refractivity contribution is 0.619. The van der Waals surface area contributed by atoms with Gasteiger partial charge in [-0.15, -0.1) is 11.6 Å². The molecule has 90 valence electrons. The fraction of sp³-hybridized carbons (Fsp3) is 0.250. The van der Waals surface area contributed by atoms with Gasteiger partial charge >= 0.3 is 0 Å². The summed E-state index contributed by atoms with van der Waals surface area (Å²) in [6.45, 7) is 2.30. The lowest BCUT2D eigenvalue weighted by Crippen LogP contribution is -2.01. The van der Waals surface area contributed by atoms with Crippen LogP contribution in [0.25, 0.3) is 0 Å². The lowest BCUT2D eigenvalue weighted by atomic mass is 10.2.